The molecule has 0 saturated carbocycles. The number of benzene rings is 1. The molecule has 0 atom stereocenters. The number of hydrogen-bond acceptors (Lipinski definition) is 5. The summed E-state index contributed by atoms with van der Waals surface area (Å²) in [6.45, 7) is 5.58. The van der Waals surface area contributed by atoms with E-state index >= 15 is 0 Å². The molecule has 1 saturated heterocycles. The van der Waals surface area contributed by atoms with Gasteiger partial charge in [-0.25, -0.2) is 13.4 Å². The van der Waals surface area contributed by atoms with Crippen molar-refractivity contribution < 1.29 is 13.2 Å². The molecule has 1 fully saturated rings. The first-order valence-electron chi connectivity index (χ1n) is 8.49. The molecule has 134 valence electrons. The molecule has 6 heteroatoms. The number of piperidine rings is 1. The van der Waals surface area contributed by atoms with Crippen LogP contribution in [0.5, 0.6) is 5.75 Å². The first-order chi connectivity index (χ1) is 11.9. The molecular weight excluding hydrogens is 336 g/mol. The predicted molar refractivity (Wildman–Crippen MR) is 99.1 cm³/mol. The van der Waals surface area contributed by atoms with Crippen molar-refractivity contribution in [1.82, 2.24) is 4.98 Å². The van der Waals surface area contributed by atoms with Crippen molar-refractivity contribution in [1.29, 1.82) is 0 Å². The summed E-state index contributed by atoms with van der Waals surface area (Å²) in [5.74, 6) is 1.52. The first kappa shape index (κ1) is 17.7. The lowest BCUT2D eigenvalue weighted by molar-refractivity contribution is 0.168. The van der Waals surface area contributed by atoms with Crippen LogP contribution in [0.25, 0.3) is 0 Å². The van der Waals surface area contributed by atoms with Gasteiger partial charge in [0.15, 0.2) is 9.84 Å². The monoisotopic (exact) mass is 360 g/mol. The third-order valence-electron chi connectivity index (χ3n) is 4.59. The lowest BCUT2D eigenvalue weighted by atomic mass is 10.1. The summed E-state index contributed by atoms with van der Waals surface area (Å²) in [5.41, 5.74) is 2.29. The number of aromatic nitrogens is 1. The molecule has 0 unspecified atom stereocenters. The Balaban J connectivity index is 1.71. The van der Waals surface area contributed by atoms with Crippen LogP contribution in [-0.4, -0.2) is 38.9 Å². The molecular formula is C19H24N2O3S. The minimum Gasteiger partial charge on any atom is -0.490 e. The molecule has 25 heavy (non-hydrogen) atoms. The fourth-order valence-electron chi connectivity index (χ4n) is 3.25. The Bertz CT molecular complexity index is 836. The van der Waals surface area contributed by atoms with Gasteiger partial charge in [0, 0.05) is 38.4 Å². The molecule has 0 N–H and O–H groups in total. The number of pyridine rings is 1. The van der Waals surface area contributed by atoms with E-state index in [1.54, 1.807) is 18.3 Å². The van der Waals surface area contributed by atoms with Crippen molar-refractivity contribution in [2.24, 2.45) is 0 Å². The zero-order valence-electron chi connectivity index (χ0n) is 14.9. The maximum Gasteiger partial charge on any atom is 0.179 e. The van der Waals surface area contributed by atoms with E-state index in [9.17, 15) is 8.42 Å². The molecule has 5 nitrogen and oxygen atoms in total. The molecule has 1 aromatic carbocycles. The number of nitrogens with zero attached hydrogens (tertiary/aromatic N) is 2. The second kappa shape index (κ2) is 7.04. The summed E-state index contributed by atoms with van der Waals surface area (Å²) < 4.78 is 30.2. The Morgan fingerprint density at radius 2 is 1.72 bits per heavy atom. The second-order valence-electron chi connectivity index (χ2n) is 6.62. The Hall–Kier alpha value is -2.08. The van der Waals surface area contributed by atoms with E-state index in [0.717, 1.165) is 42.8 Å². The Labute approximate surface area is 149 Å². The van der Waals surface area contributed by atoms with Gasteiger partial charge in [-0.2, -0.15) is 0 Å². The molecule has 0 aliphatic carbocycles. The van der Waals surface area contributed by atoms with E-state index in [1.807, 2.05) is 11.0 Å². The zero-order valence-corrected chi connectivity index (χ0v) is 15.7. The van der Waals surface area contributed by atoms with Crippen LogP contribution in [0, 0.1) is 13.8 Å². The molecule has 1 aliphatic rings. The summed E-state index contributed by atoms with van der Waals surface area (Å²) in [6.07, 6.45) is 4.69. The molecule has 0 spiro atoms. The third kappa shape index (κ3) is 3.95. The lowest BCUT2D eigenvalue weighted by Gasteiger charge is -2.34. The summed E-state index contributed by atoms with van der Waals surface area (Å²) in [6, 6.07) is 9.44. The Kier molecular flexibility index (Phi) is 4.99. The number of anilines is 1. The van der Waals surface area contributed by atoms with E-state index in [4.69, 9.17) is 4.74 Å². The third-order valence-corrected chi connectivity index (χ3v) is 5.70. The van der Waals surface area contributed by atoms with E-state index in [-0.39, 0.29) is 6.10 Å². The number of para-hydroxylation sites is 1. The lowest BCUT2D eigenvalue weighted by Crippen LogP contribution is -2.39. The van der Waals surface area contributed by atoms with Crippen LogP contribution in [0.2, 0.25) is 0 Å². The van der Waals surface area contributed by atoms with Crippen molar-refractivity contribution in [3.8, 4) is 5.75 Å². The highest BCUT2D eigenvalue weighted by atomic mass is 32.2. The van der Waals surface area contributed by atoms with Gasteiger partial charge in [-0.1, -0.05) is 18.2 Å². The van der Waals surface area contributed by atoms with Crippen molar-refractivity contribution in [3.05, 3.63) is 47.7 Å². The Morgan fingerprint density at radius 3 is 2.32 bits per heavy atom. The molecule has 2 aromatic rings. The highest BCUT2D eigenvalue weighted by Gasteiger charge is 2.26. The van der Waals surface area contributed by atoms with Gasteiger partial charge in [-0.15, -0.1) is 0 Å². The molecule has 0 bridgehead atoms. The van der Waals surface area contributed by atoms with Crippen LogP contribution < -0.4 is 9.64 Å². The Morgan fingerprint density at radius 1 is 1.08 bits per heavy atom. The molecule has 3 rings (SSSR count). The minimum absolute atomic E-state index is 0.140. The maximum atomic E-state index is 12.0. The van der Waals surface area contributed by atoms with Gasteiger partial charge in [0.25, 0.3) is 0 Å². The molecule has 1 aromatic heterocycles. The highest BCUT2D eigenvalue weighted by Crippen LogP contribution is 2.29. The highest BCUT2D eigenvalue weighted by molar-refractivity contribution is 7.90. The van der Waals surface area contributed by atoms with Gasteiger partial charge >= 0.3 is 0 Å². The number of hydrogen-bond donors (Lipinski definition) is 0. The van der Waals surface area contributed by atoms with Crippen LogP contribution in [0.15, 0.2) is 41.4 Å². The summed E-state index contributed by atoms with van der Waals surface area (Å²) >= 11 is 0. The van der Waals surface area contributed by atoms with E-state index < -0.39 is 9.84 Å². The van der Waals surface area contributed by atoms with Crippen LogP contribution in [0.4, 0.5) is 5.82 Å². The van der Waals surface area contributed by atoms with Gasteiger partial charge in [0.2, 0.25) is 0 Å². The number of sulfone groups is 1. The summed E-state index contributed by atoms with van der Waals surface area (Å²) in [5, 5.41) is 0. The quantitative estimate of drug-likeness (QED) is 0.838. The molecule has 2 heterocycles. The summed E-state index contributed by atoms with van der Waals surface area (Å²) in [7, 11) is -3.29. The summed E-state index contributed by atoms with van der Waals surface area (Å²) in [4.78, 5) is 6.65. The molecule has 0 amide bonds. The smallest absolute Gasteiger partial charge is 0.179 e. The van der Waals surface area contributed by atoms with Gasteiger partial charge < -0.3 is 9.64 Å². The average molecular weight is 360 g/mol. The van der Waals surface area contributed by atoms with Gasteiger partial charge in [0.1, 0.15) is 22.6 Å². The number of aryl methyl sites for hydroxylation is 2. The van der Waals surface area contributed by atoms with Crippen molar-refractivity contribution >= 4 is 15.7 Å². The standard InChI is InChI=1S/C19H24N2O3S/c1-14-6-4-7-15(2)18(14)24-16-9-12-21(13-10-16)19-17(25(3,22)23)8-5-11-20-19/h4-8,11,16H,9-10,12-13H2,1-3H3. The van der Waals surface area contributed by atoms with Crippen LogP contribution in [0.3, 0.4) is 0 Å². The molecule has 0 radical (unpaired) electrons. The van der Waals surface area contributed by atoms with Crippen molar-refractivity contribution in [2.75, 3.05) is 24.2 Å². The van der Waals surface area contributed by atoms with Gasteiger partial charge in [0.05, 0.1) is 0 Å². The predicted octanol–water partition coefficient (Wildman–Crippen LogP) is 3.15. The van der Waals surface area contributed by atoms with E-state index in [2.05, 4.69) is 31.0 Å². The zero-order chi connectivity index (χ0) is 18.0. The largest absolute Gasteiger partial charge is 0.490 e. The van der Waals surface area contributed by atoms with Crippen LogP contribution in [-0.2, 0) is 9.84 Å². The topological polar surface area (TPSA) is 59.5 Å². The van der Waals surface area contributed by atoms with E-state index in [0.29, 0.717) is 10.7 Å². The average Bonchev–Trinajstić information content (AvgIpc) is 2.58. The van der Waals surface area contributed by atoms with Gasteiger partial charge in [-0.05, 0) is 37.1 Å². The number of ether oxygens (including phenoxy) is 1. The van der Waals surface area contributed by atoms with Crippen LogP contribution in [0.1, 0.15) is 24.0 Å². The van der Waals surface area contributed by atoms with Crippen LogP contribution >= 0.6 is 0 Å². The molecule has 1 aliphatic heterocycles. The minimum atomic E-state index is -3.29. The number of rotatable bonds is 4. The second-order valence-corrected chi connectivity index (χ2v) is 8.61. The fraction of sp³-hybridized carbons (Fsp3) is 0.421. The van der Waals surface area contributed by atoms with Crippen molar-refractivity contribution in [2.45, 2.75) is 37.7 Å². The maximum absolute atomic E-state index is 12.0. The normalized spacial score (nSPS) is 16.0. The first-order valence-corrected chi connectivity index (χ1v) is 10.4. The van der Waals surface area contributed by atoms with E-state index in [1.165, 1.54) is 6.26 Å². The fourth-order valence-corrected chi connectivity index (χ4v) is 4.09. The van der Waals surface area contributed by atoms with Crippen molar-refractivity contribution in [3.63, 3.8) is 0 Å². The SMILES string of the molecule is Cc1cccc(C)c1OC1CCN(c2ncccc2S(C)(=O)=O)CC1. The van der Waals surface area contributed by atoms with Gasteiger partial charge in [-0.3, -0.25) is 0 Å².